The highest BCUT2D eigenvalue weighted by Crippen LogP contribution is 2.23. The van der Waals surface area contributed by atoms with Crippen LogP contribution in [0.3, 0.4) is 0 Å². The van der Waals surface area contributed by atoms with E-state index in [0.29, 0.717) is 33.7 Å². The summed E-state index contributed by atoms with van der Waals surface area (Å²) >= 11 is 0. The summed E-state index contributed by atoms with van der Waals surface area (Å²) in [5.41, 5.74) is 2.74. The SMILES string of the molecule is Cc1cc(C(=O)COn2nnc3ccc(S(=O)(=O)N(C)C)cc32)c(C)n1-c1ccccc1F. The number of hydrogen-bond donors (Lipinski definition) is 0. The average Bonchev–Trinajstić information content (AvgIpc) is 3.32. The molecule has 0 saturated carbocycles. The molecule has 0 saturated heterocycles. The van der Waals surface area contributed by atoms with Gasteiger partial charge in [-0.15, -0.1) is 5.10 Å². The Hall–Kier alpha value is -3.57. The number of halogens is 1. The lowest BCUT2D eigenvalue weighted by molar-refractivity contribution is 0.0629. The number of Topliss-reactive ketones (excluding diaryl/α,β-unsaturated/α-hetero) is 1. The Kier molecular flexibility index (Phi) is 5.76. The van der Waals surface area contributed by atoms with Crippen molar-refractivity contribution < 1.29 is 22.4 Å². The topological polar surface area (TPSA) is 99.3 Å². The highest BCUT2D eigenvalue weighted by Gasteiger charge is 2.21. The van der Waals surface area contributed by atoms with Crippen LogP contribution in [0.2, 0.25) is 0 Å². The molecule has 0 aliphatic rings. The van der Waals surface area contributed by atoms with Gasteiger partial charge >= 0.3 is 0 Å². The number of carbonyl (C=O) groups is 1. The molecular formula is C22H22FN5O4S. The Labute approximate surface area is 190 Å². The molecule has 33 heavy (non-hydrogen) atoms. The third kappa shape index (κ3) is 4.00. The molecule has 4 aromatic rings. The first-order valence-electron chi connectivity index (χ1n) is 9.99. The maximum atomic E-state index is 14.3. The first-order valence-corrected chi connectivity index (χ1v) is 11.4. The van der Waals surface area contributed by atoms with E-state index in [1.54, 1.807) is 42.7 Å². The summed E-state index contributed by atoms with van der Waals surface area (Å²) in [6.45, 7) is 3.15. The highest BCUT2D eigenvalue weighted by molar-refractivity contribution is 7.89. The van der Waals surface area contributed by atoms with Gasteiger partial charge in [-0.05, 0) is 55.5 Å². The van der Waals surface area contributed by atoms with Crippen LogP contribution in [-0.4, -0.2) is 58.9 Å². The van der Waals surface area contributed by atoms with E-state index in [1.165, 1.54) is 38.4 Å². The Morgan fingerprint density at radius 2 is 1.85 bits per heavy atom. The van der Waals surface area contributed by atoms with Crippen LogP contribution in [0.15, 0.2) is 53.4 Å². The van der Waals surface area contributed by atoms with Crippen LogP contribution in [0.5, 0.6) is 0 Å². The van der Waals surface area contributed by atoms with Crippen molar-refractivity contribution in [2.45, 2.75) is 18.7 Å². The Morgan fingerprint density at radius 1 is 1.12 bits per heavy atom. The molecule has 2 aromatic heterocycles. The normalized spacial score (nSPS) is 11.9. The van der Waals surface area contributed by atoms with Crippen molar-refractivity contribution >= 4 is 26.8 Å². The first-order chi connectivity index (χ1) is 15.6. The van der Waals surface area contributed by atoms with Crippen molar-refractivity contribution in [1.82, 2.24) is 24.0 Å². The summed E-state index contributed by atoms with van der Waals surface area (Å²) in [5, 5.41) is 7.81. The van der Waals surface area contributed by atoms with Gasteiger partial charge in [-0.3, -0.25) is 4.79 Å². The summed E-state index contributed by atoms with van der Waals surface area (Å²) in [6.07, 6.45) is 0. The van der Waals surface area contributed by atoms with Gasteiger partial charge in [0.15, 0.2) is 6.61 Å². The third-order valence-corrected chi connectivity index (χ3v) is 7.12. The molecule has 0 N–H and O–H groups in total. The minimum Gasteiger partial charge on any atom is -0.387 e. The van der Waals surface area contributed by atoms with Crippen LogP contribution in [0, 0.1) is 19.7 Å². The van der Waals surface area contributed by atoms with Crippen LogP contribution >= 0.6 is 0 Å². The molecule has 2 aromatic carbocycles. The van der Waals surface area contributed by atoms with Gasteiger partial charge in [0.2, 0.25) is 15.8 Å². The second kappa shape index (κ2) is 8.41. The predicted molar refractivity (Wildman–Crippen MR) is 119 cm³/mol. The van der Waals surface area contributed by atoms with Gasteiger partial charge in [-0.1, -0.05) is 17.0 Å². The van der Waals surface area contributed by atoms with Crippen LogP contribution in [0.25, 0.3) is 16.7 Å². The summed E-state index contributed by atoms with van der Waals surface area (Å²) in [7, 11) is -0.801. The molecule has 2 heterocycles. The molecule has 4 rings (SSSR count). The van der Waals surface area contributed by atoms with Gasteiger partial charge < -0.3 is 9.40 Å². The minimum absolute atomic E-state index is 0.0481. The highest BCUT2D eigenvalue weighted by atomic mass is 32.2. The van der Waals surface area contributed by atoms with E-state index in [1.807, 2.05) is 0 Å². The van der Waals surface area contributed by atoms with Gasteiger partial charge in [0.1, 0.15) is 16.9 Å². The molecule has 9 nitrogen and oxygen atoms in total. The molecule has 0 aliphatic heterocycles. The van der Waals surface area contributed by atoms with Crippen LogP contribution in [0.4, 0.5) is 4.39 Å². The van der Waals surface area contributed by atoms with Crippen molar-refractivity contribution in [2.75, 3.05) is 20.7 Å². The van der Waals surface area contributed by atoms with Crippen molar-refractivity contribution in [1.29, 1.82) is 0 Å². The monoisotopic (exact) mass is 471 g/mol. The smallest absolute Gasteiger partial charge is 0.242 e. The van der Waals surface area contributed by atoms with Crippen LogP contribution in [-0.2, 0) is 10.0 Å². The number of ketones is 1. The molecule has 0 unspecified atom stereocenters. The maximum Gasteiger partial charge on any atom is 0.242 e. The Bertz CT molecular complexity index is 1470. The lowest BCUT2D eigenvalue weighted by atomic mass is 10.1. The van der Waals surface area contributed by atoms with E-state index in [-0.39, 0.29) is 17.3 Å². The van der Waals surface area contributed by atoms with Crippen molar-refractivity contribution in [3.8, 4) is 5.69 Å². The second-order valence-corrected chi connectivity index (χ2v) is 9.82. The standard InChI is InChI=1S/C22H22FN5O4S/c1-14-11-17(15(2)27(14)20-8-6-5-7-18(20)23)22(29)13-32-28-21-12-16(33(30,31)26(3)4)9-10-19(21)24-25-28/h5-12H,13H2,1-4H3. The van der Waals surface area contributed by atoms with Gasteiger partial charge in [0.05, 0.1) is 10.6 Å². The lowest BCUT2D eigenvalue weighted by Gasteiger charge is -2.11. The maximum absolute atomic E-state index is 14.3. The molecule has 0 fully saturated rings. The molecule has 0 spiro atoms. The molecule has 0 atom stereocenters. The zero-order valence-corrected chi connectivity index (χ0v) is 19.3. The van der Waals surface area contributed by atoms with E-state index in [0.717, 1.165) is 9.15 Å². The lowest BCUT2D eigenvalue weighted by Crippen LogP contribution is -2.23. The fraction of sp³-hybridized carbons (Fsp3) is 0.227. The summed E-state index contributed by atoms with van der Waals surface area (Å²) in [6, 6.07) is 12.3. The van der Waals surface area contributed by atoms with Crippen LogP contribution < -0.4 is 4.84 Å². The van der Waals surface area contributed by atoms with E-state index in [4.69, 9.17) is 4.84 Å². The third-order valence-electron chi connectivity index (χ3n) is 5.31. The van der Waals surface area contributed by atoms with Gasteiger partial charge in [0.25, 0.3) is 0 Å². The van der Waals surface area contributed by atoms with Gasteiger partial charge in [0, 0.05) is 31.0 Å². The van der Waals surface area contributed by atoms with E-state index >= 15 is 0 Å². The molecule has 11 heteroatoms. The largest absolute Gasteiger partial charge is 0.387 e. The van der Waals surface area contributed by atoms with Crippen molar-refractivity contribution in [3.05, 3.63) is 71.3 Å². The predicted octanol–water partition coefficient (Wildman–Crippen LogP) is 2.54. The minimum atomic E-state index is -3.67. The number of nitrogens with zero attached hydrogens (tertiary/aromatic N) is 5. The number of para-hydroxylation sites is 1. The number of sulfonamides is 1. The first kappa shape index (κ1) is 22.6. The molecule has 0 bridgehead atoms. The van der Waals surface area contributed by atoms with Gasteiger partial charge in [-0.2, -0.15) is 0 Å². The van der Waals surface area contributed by atoms with Gasteiger partial charge in [-0.25, -0.2) is 17.1 Å². The van der Waals surface area contributed by atoms with Crippen LogP contribution in [0.1, 0.15) is 21.7 Å². The molecule has 0 aliphatic carbocycles. The molecule has 172 valence electrons. The quantitative estimate of drug-likeness (QED) is 0.384. The number of benzene rings is 2. The fourth-order valence-electron chi connectivity index (χ4n) is 3.59. The summed E-state index contributed by atoms with van der Waals surface area (Å²) in [5.74, 6) is -0.737. The van der Waals surface area contributed by atoms with E-state index in [9.17, 15) is 17.6 Å². The number of carbonyl (C=O) groups excluding carboxylic acids is 1. The van der Waals surface area contributed by atoms with Crippen molar-refractivity contribution in [2.24, 2.45) is 0 Å². The number of rotatable bonds is 7. The Balaban J connectivity index is 1.60. The van der Waals surface area contributed by atoms with Crippen molar-refractivity contribution in [3.63, 3.8) is 0 Å². The zero-order chi connectivity index (χ0) is 23.9. The fourth-order valence-corrected chi connectivity index (χ4v) is 4.51. The summed E-state index contributed by atoms with van der Waals surface area (Å²) in [4.78, 5) is 19.5. The molecule has 0 amide bonds. The summed E-state index contributed by atoms with van der Waals surface area (Å²) < 4.78 is 41.9. The van der Waals surface area contributed by atoms with E-state index < -0.39 is 15.8 Å². The zero-order valence-electron chi connectivity index (χ0n) is 18.5. The number of aromatic nitrogens is 4. The van der Waals surface area contributed by atoms with E-state index in [2.05, 4.69) is 10.3 Å². The number of fused-ring (bicyclic) bond motifs is 1. The number of hydrogen-bond acceptors (Lipinski definition) is 6. The average molecular weight is 472 g/mol. The number of aryl methyl sites for hydroxylation is 1. The Morgan fingerprint density at radius 3 is 2.55 bits per heavy atom. The second-order valence-electron chi connectivity index (χ2n) is 7.67. The molecular weight excluding hydrogens is 449 g/mol. The molecule has 0 radical (unpaired) electrons.